The van der Waals surface area contributed by atoms with Crippen LogP contribution in [0.4, 0.5) is 0 Å². The monoisotopic (exact) mass is 262 g/mol. The summed E-state index contributed by atoms with van der Waals surface area (Å²) in [6.45, 7) is 8.11. The molecule has 0 aromatic heterocycles. The Hall–Kier alpha value is -0.570. The molecular formula is C13H23ClO3. The largest absolute Gasteiger partial charge is 0.465 e. The minimum absolute atomic E-state index is 0.361. The SMILES string of the molecule is CCC(C)CCOC(=O)C(CC)(CC)C(=O)Cl. The molecule has 3 nitrogen and oxygen atoms in total. The summed E-state index contributed by atoms with van der Waals surface area (Å²) in [5, 5.41) is -0.615. The van der Waals surface area contributed by atoms with Gasteiger partial charge in [0.15, 0.2) is 0 Å². The Morgan fingerprint density at radius 3 is 2.12 bits per heavy atom. The summed E-state index contributed by atoms with van der Waals surface area (Å²) < 4.78 is 5.18. The van der Waals surface area contributed by atoms with Gasteiger partial charge in [-0.25, -0.2) is 0 Å². The first kappa shape index (κ1) is 16.4. The average Bonchev–Trinajstić information content (AvgIpc) is 2.30. The molecular weight excluding hydrogens is 240 g/mol. The molecule has 1 unspecified atom stereocenters. The summed E-state index contributed by atoms with van der Waals surface area (Å²) in [6.07, 6.45) is 2.64. The van der Waals surface area contributed by atoms with Crippen LogP contribution in [0.5, 0.6) is 0 Å². The molecule has 0 N–H and O–H groups in total. The van der Waals surface area contributed by atoms with Crippen molar-refractivity contribution in [3.8, 4) is 0 Å². The fraction of sp³-hybridized carbons (Fsp3) is 0.846. The van der Waals surface area contributed by atoms with Crippen LogP contribution in [0.25, 0.3) is 0 Å². The van der Waals surface area contributed by atoms with E-state index in [1.54, 1.807) is 13.8 Å². The molecule has 0 heterocycles. The van der Waals surface area contributed by atoms with Crippen LogP contribution in [0.2, 0.25) is 0 Å². The van der Waals surface area contributed by atoms with Crippen molar-refractivity contribution in [3.05, 3.63) is 0 Å². The molecule has 1 atom stereocenters. The number of esters is 1. The molecule has 0 aliphatic rings. The minimum Gasteiger partial charge on any atom is -0.465 e. The van der Waals surface area contributed by atoms with E-state index in [0.29, 0.717) is 25.4 Å². The summed E-state index contributed by atoms with van der Waals surface area (Å²) in [6, 6.07) is 0. The molecule has 17 heavy (non-hydrogen) atoms. The second-order valence-corrected chi connectivity index (χ2v) is 4.84. The normalized spacial score (nSPS) is 13.2. The predicted molar refractivity (Wildman–Crippen MR) is 68.9 cm³/mol. The van der Waals surface area contributed by atoms with Crippen LogP contribution < -0.4 is 0 Å². The van der Waals surface area contributed by atoms with Crippen LogP contribution in [0.15, 0.2) is 0 Å². The quantitative estimate of drug-likeness (QED) is 0.382. The molecule has 0 bridgehead atoms. The van der Waals surface area contributed by atoms with Gasteiger partial charge in [-0.2, -0.15) is 0 Å². The van der Waals surface area contributed by atoms with Crippen molar-refractivity contribution in [2.45, 2.75) is 53.4 Å². The summed E-state index contributed by atoms with van der Waals surface area (Å²) >= 11 is 5.52. The van der Waals surface area contributed by atoms with E-state index in [2.05, 4.69) is 13.8 Å². The number of carbonyl (C=O) groups excluding carboxylic acids is 2. The van der Waals surface area contributed by atoms with Gasteiger partial charge < -0.3 is 4.74 Å². The Labute approximate surface area is 109 Å². The number of halogens is 1. The van der Waals surface area contributed by atoms with E-state index in [9.17, 15) is 9.59 Å². The molecule has 100 valence electrons. The van der Waals surface area contributed by atoms with Crippen molar-refractivity contribution in [1.82, 2.24) is 0 Å². The molecule has 0 rings (SSSR count). The number of ether oxygens (including phenoxy) is 1. The van der Waals surface area contributed by atoms with E-state index < -0.39 is 16.6 Å². The van der Waals surface area contributed by atoms with Gasteiger partial charge in [0.1, 0.15) is 5.41 Å². The van der Waals surface area contributed by atoms with Crippen LogP contribution >= 0.6 is 11.6 Å². The number of carbonyl (C=O) groups is 2. The molecule has 0 saturated heterocycles. The van der Waals surface area contributed by atoms with Crippen molar-refractivity contribution in [3.63, 3.8) is 0 Å². The number of hydrogen-bond donors (Lipinski definition) is 0. The standard InChI is InChI=1S/C13H23ClO3/c1-5-10(4)8-9-17-12(16)13(6-2,7-3)11(14)15/h10H,5-9H2,1-4H3. The molecule has 0 aromatic carbocycles. The first-order chi connectivity index (χ1) is 7.94. The van der Waals surface area contributed by atoms with Gasteiger partial charge in [0.25, 0.3) is 0 Å². The lowest BCUT2D eigenvalue weighted by molar-refractivity contribution is -0.159. The van der Waals surface area contributed by atoms with Gasteiger partial charge >= 0.3 is 5.97 Å². The predicted octanol–water partition coefficient (Wildman–Crippen LogP) is 3.54. The lowest BCUT2D eigenvalue weighted by atomic mass is 9.84. The zero-order valence-electron chi connectivity index (χ0n) is 11.2. The maximum absolute atomic E-state index is 11.9. The molecule has 0 aliphatic carbocycles. The Morgan fingerprint density at radius 1 is 1.24 bits per heavy atom. The van der Waals surface area contributed by atoms with Gasteiger partial charge in [0.2, 0.25) is 5.24 Å². The van der Waals surface area contributed by atoms with Crippen LogP contribution in [0, 0.1) is 11.3 Å². The number of rotatable bonds is 8. The second kappa shape index (κ2) is 7.70. The maximum atomic E-state index is 11.9. The van der Waals surface area contributed by atoms with E-state index in [-0.39, 0.29) is 0 Å². The Bertz CT molecular complexity index is 259. The molecule has 4 heteroatoms. The highest BCUT2D eigenvalue weighted by Gasteiger charge is 2.43. The second-order valence-electron chi connectivity index (χ2n) is 4.50. The summed E-state index contributed by atoms with van der Waals surface area (Å²) in [5.41, 5.74) is -1.16. The third kappa shape index (κ3) is 4.30. The third-order valence-electron chi connectivity index (χ3n) is 3.51. The van der Waals surface area contributed by atoms with E-state index in [0.717, 1.165) is 12.8 Å². The lowest BCUT2D eigenvalue weighted by Gasteiger charge is -2.25. The molecule has 0 fully saturated rings. The fourth-order valence-electron chi connectivity index (χ4n) is 1.59. The Balaban J connectivity index is 4.40. The highest BCUT2D eigenvalue weighted by atomic mass is 35.5. The lowest BCUT2D eigenvalue weighted by Crippen LogP contribution is -2.37. The summed E-state index contributed by atoms with van der Waals surface area (Å²) in [7, 11) is 0. The first-order valence-corrected chi connectivity index (χ1v) is 6.69. The van der Waals surface area contributed by atoms with E-state index in [4.69, 9.17) is 16.3 Å². The van der Waals surface area contributed by atoms with E-state index in [1.165, 1.54) is 0 Å². The molecule has 0 aliphatic heterocycles. The minimum atomic E-state index is -1.16. The van der Waals surface area contributed by atoms with Gasteiger partial charge in [-0.15, -0.1) is 0 Å². The van der Waals surface area contributed by atoms with Crippen molar-refractivity contribution < 1.29 is 14.3 Å². The molecule has 0 amide bonds. The van der Waals surface area contributed by atoms with Crippen LogP contribution in [-0.2, 0) is 14.3 Å². The molecule has 0 spiro atoms. The zero-order valence-corrected chi connectivity index (χ0v) is 12.0. The Kier molecular flexibility index (Phi) is 7.44. The average molecular weight is 263 g/mol. The van der Waals surface area contributed by atoms with E-state index >= 15 is 0 Å². The summed E-state index contributed by atoms with van der Waals surface area (Å²) in [5.74, 6) is 0.0398. The first-order valence-electron chi connectivity index (χ1n) is 6.31. The van der Waals surface area contributed by atoms with Gasteiger partial charge in [-0.3, -0.25) is 9.59 Å². The van der Waals surface area contributed by atoms with Crippen LogP contribution in [0.1, 0.15) is 53.4 Å². The van der Waals surface area contributed by atoms with Crippen molar-refractivity contribution in [2.24, 2.45) is 11.3 Å². The smallest absolute Gasteiger partial charge is 0.320 e. The molecule has 0 radical (unpaired) electrons. The maximum Gasteiger partial charge on any atom is 0.320 e. The molecule has 0 saturated carbocycles. The molecule has 0 aromatic rings. The zero-order chi connectivity index (χ0) is 13.5. The van der Waals surface area contributed by atoms with Crippen molar-refractivity contribution >= 4 is 22.8 Å². The third-order valence-corrected chi connectivity index (χ3v) is 3.88. The van der Waals surface area contributed by atoms with Gasteiger partial charge in [-0.05, 0) is 36.8 Å². The van der Waals surface area contributed by atoms with Gasteiger partial charge in [0.05, 0.1) is 6.61 Å². The highest BCUT2D eigenvalue weighted by molar-refractivity contribution is 6.66. The Morgan fingerprint density at radius 2 is 1.76 bits per heavy atom. The highest BCUT2D eigenvalue weighted by Crippen LogP contribution is 2.31. The van der Waals surface area contributed by atoms with Crippen molar-refractivity contribution in [1.29, 1.82) is 0 Å². The van der Waals surface area contributed by atoms with Gasteiger partial charge in [0, 0.05) is 0 Å². The number of hydrogen-bond acceptors (Lipinski definition) is 3. The topological polar surface area (TPSA) is 43.4 Å². The van der Waals surface area contributed by atoms with Crippen LogP contribution in [-0.4, -0.2) is 17.8 Å². The van der Waals surface area contributed by atoms with E-state index in [1.807, 2.05) is 0 Å². The van der Waals surface area contributed by atoms with Gasteiger partial charge in [-0.1, -0.05) is 34.1 Å². The fourth-order valence-corrected chi connectivity index (χ4v) is 1.94. The van der Waals surface area contributed by atoms with Crippen molar-refractivity contribution in [2.75, 3.05) is 6.61 Å². The summed E-state index contributed by atoms with van der Waals surface area (Å²) in [4.78, 5) is 23.3. The van der Waals surface area contributed by atoms with Crippen LogP contribution in [0.3, 0.4) is 0 Å².